The van der Waals surface area contributed by atoms with E-state index in [0.29, 0.717) is 5.69 Å². The van der Waals surface area contributed by atoms with Crippen LogP contribution < -0.4 is 5.32 Å². The molecule has 0 radical (unpaired) electrons. The highest BCUT2D eigenvalue weighted by Crippen LogP contribution is 2.48. The Kier molecular flexibility index (Phi) is 3.54. The molecule has 1 aromatic carbocycles. The summed E-state index contributed by atoms with van der Waals surface area (Å²) in [6.45, 7) is 0. The topological polar surface area (TPSA) is 66.4 Å². The van der Waals surface area contributed by atoms with Gasteiger partial charge in [0, 0.05) is 9.26 Å². The first-order valence-corrected chi connectivity index (χ1v) is 7.61. The molecular formula is C15H14INO3. The minimum absolute atomic E-state index is 0.00460. The molecule has 20 heavy (non-hydrogen) atoms. The van der Waals surface area contributed by atoms with Gasteiger partial charge in [0.2, 0.25) is 5.91 Å². The minimum Gasteiger partial charge on any atom is -0.481 e. The molecule has 1 amide bonds. The molecule has 2 N–H and O–H groups in total. The number of aliphatic carboxylic acids is 1. The monoisotopic (exact) mass is 383 g/mol. The summed E-state index contributed by atoms with van der Waals surface area (Å²) in [5, 5.41) is 12.2. The lowest BCUT2D eigenvalue weighted by atomic mass is 9.82. The van der Waals surface area contributed by atoms with Crippen LogP contribution in [-0.4, -0.2) is 17.0 Å². The second-order valence-corrected chi connectivity index (χ2v) is 6.58. The van der Waals surface area contributed by atoms with Crippen molar-refractivity contribution in [2.24, 2.45) is 23.7 Å². The van der Waals surface area contributed by atoms with E-state index in [4.69, 9.17) is 0 Å². The van der Waals surface area contributed by atoms with Crippen molar-refractivity contribution in [3.05, 3.63) is 40.0 Å². The van der Waals surface area contributed by atoms with Gasteiger partial charge in [-0.05, 0) is 65.1 Å². The largest absolute Gasteiger partial charge is 0.481 e. The highest BCUT2D eigenvalue weighted by Gasteiger charge is 2.51. The summed E-state index contributed by atoms with van der Waals surface area (Å²) >= 11 is 2.20. The zero-order chi connectivity index (χ0) is 14.3. The summed E-state index contributed by atoms with van der Waals surface area (Å²) in [5.41, 5.74) is 0.714. The van der Waals surface area contributed by atoms with E-state index in [-0.39, 0.29) is 17.7 Å². The number of carbonyl (C=O) groups excluding carboxylic acids is 1. The zero-order valence-electron chi connectivity index (χ0n) is 10.6. The first-order chi connectivity index (χ1) is 9.56. The van der Waals surface area contributed by atoms with Gasteiger partial charge in [0.1, 0.15) is 0 Å². The van der Waals surface area contributed by atoms with Crippen molar-refractivity contribution >= 4 is 40.2 Å². The molecule has 104 valence electrons. The van der Waals surface area contributed by atoms with Crippen LogP contribution in [0.2, 0.25) is 0 Å². The molecule has 1 saturated carbocycles. The summed E-state index contributed by atoms with van der Waals surface area (Å²) in [5.74, 6) is -2.04. The maximum atomic E-state index is 12.4. The number of rotatable bonds is 3. The van der Waals surface area contributed by atoms with E-state index in [9.17, 15) is 14.7 Å². The number of carboxylic acid groups (broad SMARTS) is 1. The molecule has 3 rings (SSSR count). The first-order valence-electron chi connectivity index (χ1n) is 6.54. The summed E-state index contributed by atoms with van der Waals surface area (Å²) in [6.07, 6.45) is 4.71. The smallest absolute Gasteiger partial charge is 0.307 e. The van der Waals surface area contributed by atoms with E-state index in [1.807, 2.05) is 36.4 Å². The Morgan fingerprint density at radius 2 is 1.70 bits per heavy atom. The Bertz CT molecular complexity index is 581. The van der Waals surface area contributed by atoms with E-state index in [1.54, 1.807) is 0 Å². The standard InChI is InChI=1S/C15H14INO3/c16-10-3-5-11(6-4-10)17-14(18)12-8-1-2-9(7-8)13(12)15(19)20/h1-6,8-9,12-13H,7H2,(H,17,18)(H,19,20). The zero-order valence-corrected chi connectivity index (χ0v) is 12.8. The molecule has 4 atom stereocenters. The van der Waals surface area contributed by atoms with Crippen LogP contribution in [-0.2, 0) is 9.59 Å². The Morgan fingerprint density at radius 3 is 2.30 bits per heavy atom. The number of carbonyl (C=O) groups is 2. The maximum Gasteiger partial charge on any atom is 0.307 e. The van der Waals surface area contributed by atoms with Crippen LogP contribution in [0.25, 0.3) is 0 Å². The van der Waals surface area contributed by atoms with Gasteiger partial charge in [0.05, 0.1) is 11.8 Å². The summed E-state index contributed by atoms with van der Waals surface area (Å²) in [4.78, 5) is 23.8. The van der Waals surface area contributed by atoms with Crippen molar-refractivity contribution < 1.29 is 14.7 Å². The Balaban J connectivity index is 1.78. The van der Waals surface area contributed by atoms with Crippen LogP contribution in [0.15, 0.2) is 36.4 Å². The summed E-state index contributed by atoms with van der Waals surface area (Å²) in [7, 11) is 0. The molecule has 2 aliphatic carbocycles. The van der Waals surface area contributed by atoms with Crippen LogP contribution in [0.5, 0.6) is 0 Å². The molecule has 0 spiro atoms. The van der Waals surface area contributed by atoms with E-state index < -0.39 is 17.8 Å². The molecule has 2 bridgehead atoms. The molecule has 0 aromatic heterocycles. The van der Waals surface area contributed by atoms with Gasteiger partial charge in [-0.25, -0.2) is 0 Å². The van der Waals surface area contributed by atoms with Crippen molar-refractivity contribution in [1.29, 1.82) is 0 Å². The van der Waals surface area contributed by atoms with Gasteiger partial charge in [0.25, 0.3) is 0 Å². The third kappa shape index (κ3) is 2.34. The number of anilines is 1. The lowest BCUT2D eigenvalue weighted by Crippen LogP contribution is -2.36. The number of nitrogens with one attached hydrogen (secondary N) is 1. The van der Waals surface area contributed by atoms with Crippen LogP contribution in [0.3, 0.4) is 0 Å². The number of carboxylic acids is 1. The highest BCUT2D eigenvalue weighted by molar-refractivity contribution is 14.1. The number of fused-ring (bicyclic) bond motifs is 2. The van der Waals surface area contributed by atoms with Gasteiger partial charge in [-0.2, -0.15) is 0 Å². The van der Waals surface area contributed by atoms with Crippen LogP contribution in [0.4, 0.5) is 5.69 Å². The molecule has 0 saturated heterocycles. The van der Waals surface area contributed by atoms with Crippen LogP contribution >= 0.6 is 22.6 Å². The molecule has 4 nitrogen and oxygen atoms in total. The lowest BCUT2D eigenvalue weighted by Gasteiger charge is -2.23. The fraction of sp³-hybridized carbons (Fsp3) is 0.333. The molecule has 0 heterocycles. The molecular weight excluding hydrogens is 369 g/mol. The van der Waals surface area contributed by atoms with Gasteiger partial charge in [-0.1, -0.05) is 12.2 Å². The third-order valence-corrected chi connectivity index (χ3v) is 4.88. The Morgan fingerprint density at radius 1 is 1.10 bits per heavy atom. The van der Waals surface area contributed by atoms with E-state index in [0.717, 1.165) is 9.99 Å². The second kappa shape index (κ2) is 5.20. The molecule has 2 aliphatic rings. The van der Waals surface area contributed by atoms with Crippen molar-refractivity contribution in [1.82, 2.24) is 0 Å². The summed E-state index contributed by atoms with van der Waals surface area (Å²) < 4.78 is 1.09. The molecule has 1 fully saturated rings. The molecule has 5 heteroatoms. The number of hydrogen-bond donors (Lipinski definition) is 2. The average Bonchev–Trinajstić information content (AvgIpc) is 3.01. The molecule has 4 unspecified atom stereocenters. The fourth-order valence-corrected chi connectivity index (χ4v) is 3.63. The van der Waals surface area contributed by atoms with Crippen molar-refractivity contribution in [3.63, 3.8) is 0 Å². The molecule has 1 aromatic rings. The summed E-state index contributed by atoms with van der Waals surface area (Å²) in [6, 6.07) is 7.48. The predicted octanol–water partition coefficient (Wildman–Crippen LogP) is 2.75. The van der Waals surface area contributed by atoms with E-state index in [2.05, 4.69) is 27.9 Å². The molecule has 0 aliphatic heterocycles. The first kappa shape index (κ1) is 13.6. The van der Waals surface area contributed by atoms with Crippen LogP contribution in [0, 0.1) is 27.2 Å². The Hall–Kier alpha value is -1.37. The van der Waals surface area contributed by atoms with Gasteiger partial charge in [-0.15, -0.1) is 0 Å². The predicted molar refractivity (Wildman–Crippen MR) is 83.1 cm³/mol. The van der Waals surface area contributed by atoms with Gasteiger partial charge in [-0.3, -0.25) is 9.59 Å². The second-order valence-electron chi connectivity index (χ2n) is 5.33. The van der Waals surface area contributed by atoms with Crippen LogP contribution in [0.1, 0.15) is 6.42 Å². The van der Waals surface area contributed by atoms with Gasteiger partial charge >= 0.3 is 5.97 Å². The minimum atomic E-state index is -0.871. The number of benzene rings is 1. The number of amides is 1. The van der Waals surface area contributed by atoms with Crippen molar-refractivity contribution in [3.8, 4) is 0 Å². The highest BCUT2D eigenvalue weighted by atomic mass is 127. The van der Waals surface area contributed by atoms with Crippen molar-refractivity contribution in [2.45, 2.75) is 6.42 Å². The Labute approximate surface area is 130 Å². The quantitative estimate of drug-likeness (QED) is 0.623. The fourth-order valence-electron chi connectivity index (χ4n) is 3.28. The number of hydrogen-bond acceptors (Lipinski definition) is 2. The third-order valence-electron chi connectivity index (χ3n) is 4.16. The lowest BCUT2D eigenvalue weighted by molar-refractivity contribution is -0.146. The maximum absolute atomic E-state index is 12.4. The van der Waals surface area contributed by atoms with Gasteiger partial charge < -0.3 is 10.4 Å². The van der Waals surface area contributed by atoms with E-state index in [1.165, 1.54) is 0 Å². The number of allylic oxidation sites excluding steroid dienone is 2. The normalized spacial score (nSPS) is 30.4. The number of halogens is 1. The van der Waals surface area contributed by atoms with Gasteiger partial charge in [0.15, 0.2) is 0 Å². The SMILES string of the molecule is O=C(O)C1C2C=CC(C2)C1C(=O)Nc1ccc(I)cc1. The van der Waals surface area contributed by atoms with Crippen molar-refractivity contribution in [2.75, 3.05) is 5.32 Å². The van der Waals surface area contributed by atoms with E-state index >= 15 is 0 Å². The average molecular weight is 383 g/mol.